The smallest absolute Gasteiger partial charge is 0.248 e. The number of hydrogen-bond donors (Lipinski definition) is 1. The first-order valence-electron chi connectivity index (χ1n) is 11.1. The number of carbonyl (C=O) groups excluding carboxylic acids is 1. The van der Waals surface area contributed by atoms with Crippen molar-refractivity contribution < 1.29 is 18.7 Å². The lowest BCUT2D eigenvalue weighted by molar-refractivity contribution is -0.111. The van der Waals surface area contributed by atoms with E-state index in [1.165, 1.54) is 0 Å². The van der Waals surface area contributed by atoms with Gasteiger partial charge in [-0.15, -0.1) is 0 Å². The molecule has 4 rings (SSSR count). The van der Waals surface area contributed by atoms with Gasteiger partial charge in [0.15, 0.2) is 0 Å². The summed E-state index contributed by atoms with van der Waals surface area (Å²) in [5.74, 6) is 1.27. The van der Waals surface area contributed by atoms with Gasteiger partial charge < -0.3 is 19.2 Å². The number of allylic oxidation sites excluding steroid dienone is 1. The van der Waals surface area contributed by atoms with Crippen LogP contribution >= 0.6 is 0 Å². The molecule has 1 aromatic heterocycles. The van der Waals surface area contributed by atoms with Gasteiger partial charge in [0.25, 0.3) is 0 Å². The van der Waals surface area contributed by atoms with Gasteiger partial charge in [0.05, 0.1) is 20.5 Å². The van der Waals surface area contributed by atoms with Crippen LogP contribution in [0.3, 0.4) is 0 Å². The summed E-state index contributed by atoms with van der Waals surface area (Å²) in [5, 5.41) is 3.95. The van der Waals surface area contributed by atoms with Crippen molar-refractivity contribution in [2.45, 2.75) is 27.7 Å². The molecule has 0 saturated heterocycles. The molecule has 0 aliphatic carbocycles. The highest BCUT2D eigenvalue weighted by Crippen LogP contribution is 2.41. The molecule has 0 spiro atoms. The number of fused-ring (bicyclic) bond motifs is 1. The zero-order valence-corrected chi connectivity index (χ0v) is 20.4. The molecule has 0 fully saturated rings. The van der Waals surface area contributed by atoms with Crippen LogP contribution in [0.25, 0.3) is 27.7 Å². The van der Waals surface area contributed by atoms with Crippen molar-refractivity contribution in [3.05, 3.63) is 83.1 Å². The molecule has 0 radical (unpaired) electrons. The third-order valence-electron chi connectivity index (χ3n) is 6.26. The zero-order valence-electron chi connectivity index (χ0n) is 20.4. The van der Waals surface area contributed by atoms with Crippen LogP contribution in [-0.4, -0.2) is 20.1 Å². The van der Waals surface area contributed by atoms with Crippen LogP contribution in [0.2, 0.25) is 0 Å². The van der Waals surface area contributed by atoms with Crippen LogP contribution in [0.1, 0.15) is 29.2 Å². The molecule has 3 aromatic carbocycles. The highest BCUT2D eigenvalue weighted by Gasteiger charge is 2.19. The lowest BCUT2D eigenvalue weighted by Gasteiger charge is -2.14. The van der Waals surface area contributed by atoms with E-state index in [1.807, 2.05) is 76.2 Å². The number of ether oxygens (including phenoxy) is 2. The number of hydrogen-bond acceptors (Lipinski definition) is 4. The van der Waals surface area contributed by atoms with Crippen LogP contribution < -0.4 is 14.8 Å². The fraction of sp³-hybridized carbons (Fsp3) is 0.207. The number of benzene rings is 3. The SMILES string of the molecule is COc1cccc(-c2coc3c(C)c(OC)c(/C(C)=C/C(=O)Nc4cccc(C)c4C)cc23)c1. The highest BCUT2D eigenvalue weighted by atomic mass is 16.5. The minimum absolute atomic E-state index is 0.189. The van der Waals surface area contributed by atoms with E-state index in [2.05, 4.69) is 5.32 Å². The quantitative estimate of drug-likeness (QED) is 0.316. The third-order valence-corrected chi connectivity index (χ3v) is 6.26. The van der Waals surface area contributed by atoms with Gasteiger partial charge in [-0.1, -0.05) is 24.3 Å². The molecule has 1 amide bonds. The van der Waals surface area contributed by atoms with Gasteiger partial charge in [0.2, 0.25) is 5.91 Å². The zero-order chi connectivity index (χ0) is 24.4. The number of amides is 1. The van der Waals surface area contributed by atoms with Gasteiger partial charge in [-0.25, -0.2) is 0 Å². The molecule has 1 N–H and O–H groups in total. The van der Waals surface area contributed by atoms with Crippen LogP contribution in [0.5, 0.6) is 11.5 Å². The summed E-state index contributed by atoms with van der Waals surface area (Å²) in [4.78, 5) is 12.9. The molecular formula is C29H29NO4. The Balaban J connectivity index is 1.77. The van der Waals surface area contributed by atoms with E-state index in [9.17, 15) is 4.79 Å². The summed E-state index contributed by atoms with van der Waals surface area (Å²) in [7, 11) is 3.28. The fourth-order valence-electron chi connectivity index (χ4n) is 4.22. The second-order valence-corrected chi connectivity index (χ2v) is 8.40. The van der Waals surface area contributed by atoms with Crippen molar-refractivity contribution in [2.75, 3.05) is 19.5 Å². The normalized spacial score (nSPS) is 11.5. The van der Waals surface area contributed by atoms with E-state index in [0.717, 1.165) is 61.4 Å². The Morgan fingerprint density at radius 3 is 2.47 bits per heavy atom. The second-order valence-electron chi connectivity index (χ2n) is 8.40. The standard InChI is InChI=1S/C29H29NO4/c1-17-9-7-12-26(19(17)3)30-27(31)13-18(2)23-15-24-25(21-10-8-11-22(14-21)32-5)16-34-29(24)20(4)28(23)33-6/h7-16H,1-6H3,(H,30,31)/b18-13+. The Labute approximate surface area is 200 Å². The summed E-state index contributed by atoms with van der Waals surface area (Å²) in [6.07, 6.45) is 3.36. The monoisotopic (exact) mass is 455 g/mol. The first-order chi connectivity index (χ1) is 16.3. The molecular weight excluding hydrogens is 426 g/mol. The molecule has 5 heteroatoms. The number of furan rings is 1. The predicted molar refractivity (Wildman–Crippen MR) is 138 cm³/mol. The van der Waals surface area contributed by atoms with Crippen LogP contribution in [0.4, 0.5) is 5.69 Å². The summed E-state index contributed by atoms with van der Waals surface area (Å²) in [6, 6.07) is 15.8. The lowest BCUT2D eigenvalue weighted by atomic mass is 9.96. The van der Waals surface area contributed by atoms with Gasteiger partial charge in [0, 0.05) is 33.8 Å². The second kappa shape index (κ2) is 9.48. The van der Waals surface area contributed by atoms with E-state index in [-0.39, 0.29) is 5.91 Å². The number of aryl methyl sites for hydroxylation is 2. The van der Waals surface area contributed by atoms with Gasteiger partial charge >= 0.3 is 0 Å². The van der Waals surface area contributed by atoms with Gasteiger partial charge in [-0.2, -0.15) is 0 Å². The summed E-state index contributed by atoms with van der Waals surface area (Å²) in [5.41, 5.74) is 8.21. The van der Waals surface area contributed by atoms with Gasteiger partial charge in [0.1, 0.15) is 17.1 Å². The topological polar surface area (TPSA) is 60.7 Å². The average molecular weight is 456 g/mol. The van der Waals surface area contributed by atoms with Gasteiger partial charge in [-0.3, -0.25) is 4.79 Å². The van der Waals surface area contributed by atoms with E-state index in [0.29, 0.717) is 5.75 Å². The Morgan fingerprint density at radius 2 is 1.74 bits per heavy atom. The Hall–Kier alpha value is -3.99. The highest BCUT2D eigenvalue weighted by molar-refractivity contribution is 6.06. The lowest BCUT2D eigenvalue weighted by Crippen LogP contribution is -2.10. The molecule has 5 nitrogen and oxygen atoms in total. The van der Waals surface area contributed by atoms with Crippen LogP contribution in [0.15, 0.2) is 65.3 Å². The molecule has 0 atom stereocenters. The first kappa shape index (κ1) is 23.2. The molecule has 0 aliphatic rings. The molecule has 0 bridgehead atoms. The van der Waals surface area contributed by atoms with Crippen molar-refractivity contribution >= 4 is 28.1 Å². The Bertz CT molecular complexity index is 1410. The summed E-state index contributed by atoms with van der Waals surface area (Å²) >= 11 is 0. The van der Waals surface area contributed by atoms with Crippen molar-refractivity contribution in [1.82, 2.24) is 0 Å². The number of rotatable bonds is 6. The van der Waals surface area contributed by atoms with Crippen LogP contribution in [0, 0.1) is 20.8 Å². The van der Waals surface area contributed by atoms with E-state index < -0.39 is 0 Å². The van der Waals surface area contributed by atoms with Crippen molar-refractivity contribution in [3.63, 3.8) is 0 Å². The van der Waals surface area contributed by atoms with E-state index in [4.69, 9.17) is 13.9 Å². The molecule has 0 aliphatic heterocycles. The third kappa shape index (κ3) is 4.29. The fourth-order valence-corrected chi connectivity index (χ4v) is 4.22. The maximum atomic E-state index is 12.9. The first-order valence-corrected chi connectivity index (χ1v) is 11.1. The minimum atomic E-state index is -0.189. The summed E-state index contributed by atoms with van der Waals surface area (Å²) < 4.78 is 17.1. The molecule has 34 heavy (non-hydrogen) atoms. The Morgan fingerprint density at radius 1 is 0.971 bits per heavy atom. The van der Waals surface area contributed by atoms with Crippen molar-refractivity contribution in [1.29, 1.82) is 0 Å². The van der Waals surface area contributed by atoms with Crippen LogP contribution in [-0.2, 0) is 4.79 Å². The van der Waals surface area contributed by atoms with Crippen molar-refractivity contribution in [2.24, 2.45) is 0 Å². The largest absolute Gasteiger partial charge is 0.497 e. The van der Waals surface area contributed by atoms with Gasteiger partial charge in [-0.05, 0) is 74.2 Å². The molecule has 174 valence electrons. The predicted octanol–water partition coefficient (Wildman–Crippen LogP) is 7.08. The Kier molecular flexibility index (Phi) is 6.46. The summed E-state index contributed by atoms with van der Waals surface area (Å²) in [6.45, 7) is 7.91. The molecule has 0 saturated carbocycles. The molecule has 1 heterocycles. The number of anilines is 1. The average Bonchev–Trinajstić information content (AvgIpc) is 3.26. The van der Waals surface area contributed by atoms with Crippen molar-refractivity contribution in [3.8, 4) is 22.6 Å². The number of carbonyl (C=O) groups is 1. The maximum absolute atomic E-state index is 12.9. The number of nitrogens with one attached hydrogen (secondary N) is 1. The van der Waals surface area contributed by atoms with E-state index >= 15 is 0 Å². The van der Waals surface area contributed by atoms with E-state index in [1.54, 1.807) is 26.6 Å². The number of methoxy groups -OCH3 is 2. The molecule has 0 unspecified atom stereocenters. The minimum Gasteiger partial charge on any atom is -0.497 e. The maximum Gasteiger partial charge on any atom is 0.248 e. The molecule has 4 aromatic rings.